The molecule has 1 heterocycles. The van der Waals surface area contributed by atoms with Crippen LogP contribution in [0.2, 0.25) is 0 Å². The Bertz CT molecular complexity index is 773. The summed E-state index contributed by atoms with van der Waals surface area (Å²) < 4.78 is 82.2. The monoisotopic (exact) mass is 416 g/mol. The summed E-state index contributed by atoms with van der Waals surface area (Å²) in [5, 5.41) is 2.98. The van der Waals surface area contributed by atoms with Gasteiger partial charge in [0.2, 0.25) is 0 Å². The van der Waals surface area contributed by atoms with Crippen LogP contribution in [-0.2, 0) is 18.9 Å². The summed E-state index contributed by atoms with van der Waals surface area (Å²) in [7, 11) is 0. The molecule has 0 amide bonds. The molecule has 1 N–H and O–H groups in total. The van der Waals surface area contributed by atoms with Crippen molar-refractivity contribution in [1.82, 2.24) is 10.2 Å². The molecule has 2 aromatic carbocycles. The lowest BCUT2D eigenvalue weighted by molar-refractivity contribution is -0.142. The molecule has 158 valence electrons. The molecular formula is C21H22F6N2. The van der Waals surface area contributed by atoms with E-state index in [9.17, 15) is 26.3 Å². The van der Waals surface area contributed by atoms with Gasteiger partial charge in [0.15, 0.2) is 0 Å². The van der Waals surface area contributed by atoms with Crippen molar-refractivity contribution in [2.75, 3.05) is 19.8 Å². The van der Waals surface area contributed by atoms with Crippen molar-refractivity contribution in [3.63, 3.8) is 0 Å². The number of hydrogen-bond donors (Lipinski definition) is 1. The Labute approximate surface area is 165 Å². The molecule has 0 unspecified atom stereocenters. The van der Waals surface area contributed by atoms with Crippen molar-refractivity contribution in [3.8, 4) is 11.1 Å². The molecule has 3 rings (SSSR count). The predicted octanol–water partition coefficient (Wildman–Crippen LogP) is 5.92. The van der Waals surface area contributed by atoms with Gasteiger partial charge in [0, 0.05) is 18.8 Å². The van der Waals surface area contributed by atoms with E-state index >= 15 is 0 Å². The first-order chi connectivity index (χ1) is 13.7. The molecule has 1 aliphatic rings. The normalized spacial score (nSPS) is 16.2. The molecule has 8 heteroatoms. The third-order valence-electron chi connectivity index (χ3n) is 4.98. The van der Waals surface area contributed by atoms with E-state index in [-0.39, 0.29) is 17.7 Å². The van der Waals surface area contributed by atoms with Crippen LogP contribution in [0.15, 0.2) is 42.5 Å². The first-order valence-electron chi connectivity index (χ1n) is 9.46. The summed E-state index contributed by atoms with van der Waals surface area (Å²) in [6.07, 6.45) is -6.59. The molecule has 2 aromatic rings. The van der Waals surface area contributed by atoms with Gasteiger partial charge in [-0.05, 0) is 49.2 Å². The Morgan fingerprint density at radius 1 is 0.793 bits per heavy atom. The minimum Gasteiger partial charge on any atom is -0.300 e. The van der Waals surface area contributed by atoms with Crippen molar-refractivity contribution in [3.05, 3.63) is 59.2 Å². The van der Waals surface area contributed by atoms with Gasteiger partial charge in [-0.15, -0.1) is 0 Å². The Morgan fingerprint density at radius 2 is 1.34 bits per heavy atom. The number of piperidine rings is 1. The van der Waals surface area contributed by atoms with Crippen LogP contribution in [-0.4, -0.2) is 24.7 Å². The molecular weight excluding hydrogens is 394 g/mol. The second-order valence-electron chi connectivity index (χ2n) is 7.19. The number of likely N-dealkylation sites (tertiary alicyclic amines) is 1. The molecule has 0 bridgehead atoms. The summed E-state index contributed by atoms with van der Waals surface area (Å²) in [4.78, 5) is 2.11. The van der Waals surface area contributed by atoms with Crippen molar-refractivity contribution < 1.29 is 26.3 Å². The van der Waals surface area contributed by atoms with Gasteiger partial charge < -0.3 is 5.32 Å². The molecule has 29 heavy (non-hydrogen) atoms. The largest absolute Gasteiger partial charge is 0.417 e. The molecule has 0 atom stereocenters. The SMILES string of the molecule is FC(F)(F)c1cc(CNCN2CCCCC2)cc(C(F)(F)F)c1-c1ccccc1. The molecule has 0 saturated carbocycles. The molecule has 0 aromatic heterocycles. The average Bonchev–Trinajstić information content (AvgIpc) is 2.67. The number of rotatable bonds is 5. The van der Waals surface area contributed by atoms with Crippen LogP contribution >= 0.6 is 0 Å². The van der Waals surface area contributed by atoms with E-state index in [0.717, 1.165) is 44.5 Å². The summed E-state index contributed by atoms with van der Waals surface area (Å²) >= 11 is 0. The Hall–Kier alpha value is -2.06. The van der Waals surface area contributed by atoms with Crippen molar-refractivity contribution >= 4 is 0 Å². The molecule has 0 spiro atoms. The molecule has 2 nitrogen and oxygen atoms in total. The van der Waals surface area contributed by atoms with E-state index < -0.39 is 29.0 Å². The minimum atomic E-state index is -4.91. The molecule has 0 radical (unpaired) electrons. The van der Waals surface area contributed by atoms with Gasteiger partial charge in [-0.1, -0.05) is 36.8 Å². The Kier molecular flexibility index (Phi) is 6.53. The number of nitrogens with zero attached hydrogens (tertiary/aromatic N) is 1. The van der Waals surface area contributed by atoms with Crippen LogP contribution in [0.5, 0.6) is 0 Å². The van der Waals surface area contributed by atoms with Crippen LogP contribution in [0.25, 0.3) is 11.1 Å². The third kappa shape index (κ3) is 5.51. The van der Waals surface area contributed by atoms with Crippen molar-refractivity contribution in [2.24, 2.45) is 0 Å². The lowest BCUT2D eigenvalue weighted by Gasteiger charge is -2.27. The molecule has 1 fully saturated rings. The zero-order valence-electron chi connectivity index (χ0n) is 15.7. The maximum Gasteiger partial charge on any atom is 0.417 e. The van der Waals surface area contributed by atoms with Gasteiger partial charge in [0.1, 0.15) is 0 Å². The standard InChI is InChI=1S/C21H22F6N2/c22-20(23,24)17-11-15(13-28-14-29-9-5-2-6-10-29)12-18(21(25,26)27)19(17)16-7-3-1-4-8-16/h1,3-4,7-8,11-12,28H,2,5-6,9-10,13-14H2. The molecule has 0 aliphatic carbocycles. The zero-order valence-corrected chi connectivity index (χ0v) is 15.7. The van der Waals surface area contributed by atoms with Gasteiger partial charge in [-0.3, -0.25) is 4.90 Å². The van der Waals surface area contributed by atoms with E-state index in [2.05, 4.69) is 10.2 Å². The highest BCUT2D eigenvalue weighted by Gasteiger charge is 2.41. The minimum absolute atomic E-state index is 0.0404. The fourth-order valence-corrected chi connectivity index (χ4v) is 3.64. The van der Waals surface area contributed by atoms with Gasteiger partial charge >= 0.3 is 12.4 Å². The highest BCUT2D eigenvalue weighted by Crippen LogP contribution is 2.45. The first kappa shape index (κ1) is 21.6. The highest BCUT2D eigenvalue weighted by molar-refractivity contribution is 5.73. The lowest BCUT2D eigenvalue weighted by atomic mass is 9.91. The quantitative estimate of drug-likeness (QED) is 0.609. The van der Waals surface area contributed by atoms with Gasteiger partial charge in [-0.25, -0.2) is 0 Å². The van der Waals surface area contributed by atoms with E-state index in [1.165, 1.54) is 24.3 Å². The average molecular weight is 416 g/mol. The van der Waals surface area contributed by atoms with Crippen LogP contribution in [0.3, 0.4) is 0 Å². The molecule has 1 aliphatic heterocycles. The first-order valence-corrected chi connectivity index (χ1v) is 9.46. The second-order valence-corrected chi connectivity index (χ2v) is 7.19. The summed E-state index contributed by atoms with van der Waals surface area (Å²) in [6, 6.07) is 8.54. The third-order valence-corrected chi connectivity index (χ3v) is 4.98. The van der Waals surface area contributed by atoms with Gasteiger partial charge in [0.25, 0.3) is 0 Å². The van der Waals surface area contributed by atoms with Gasteiger partial charge in [-0.2, -0.15) is 26.3 Å². The fraction of sp³-hybridized carbons (Fsp3) is 0.429. The zero-order chi connectivity index (χ0) is 21.1. The van der Waals surface area contributed by atoms with Gasteiger partial charge in [0.05, 0.1) is 11.1 Å². The maximum absolute atomic E-state index is 13.7. The summed E-state index contributed by atoms with van der Waals surface area (Å²) in [6.45, 7) is 2.12. The smallest absolute Gasteiger partial charge is 0.300 e. The lowest BCUT2D eigenvalue weighted by Crippen LogP contribution is -2.37. The van der Waals surface area contributed by atoms with Crippen LogP contribution < -0.4 is 5.32 Å². The van der Waals surface area contributed by atoms with Crippen LogP contribution in [0.1, 0.15) is 36.0 Å². The Morgan fingerprint density at radius 3 is 1.86 bits per heavy atom. The molecule has 1 saturated heterocycles. The maximum atomic E-state index is 13.7. The van der Waals surface area contributed by atoms with E-state index in [1.807, 2.05) is 0 Å². The summed E-state index contributed by atoms with van der Waals surface area (Å²) in [5.41, 5.74) is -3.52. The number of alkyl halides is 6. The fourth-order valence-electron chi connectivity index (χ4n) is 3.64. The predicted molar refractivity (Wildman–Crippen MR) is 99.0 cm³/mol. The number of hydrogen-bond acceptors (Lipinski definition) is 2. The summed E-state index contributed by atoms with van der Waals surface area (Å²) in [5.74, 6) is 0. The van der Waals surface area contributed by atoms with E-state index in [1.54, 1.807) is 6.07 Å². The second kappa shape index (κ2) is 8.75. The highest BCUT2D eigenvalue weighted by atomic mass is 19.4. The topological polar surface area (TPSA) is 15.3 Å². The number of nitrogens with one attached hydrogen (secondary N) is 1. The van der Waals surface area contributed by atoms with Crippen molar-refractivity contribution in [1.29, 1.82) is 0 Å². The van der Waals surface area contributed by atoms with E-state index in [4.69, 9.17) is 0 Å². The number of benzene rings is 2. The van der Waals surface area contributed by atoms with E-state index in [0.29, 0.717) is 6.67 Å². The Balaban J connectivity index is 1.96. The van der Waals surface area contributed by atoms with Crippen LogP contribution in [0.4, 0.5) is 26.3 Å². The van der Waals surface area contributed by atoms with Crippen LogP contribution in [0, 0.1) is 0 Å². The van der Waals surface area contributed by atoms with Crippen molar-refractivity contribution in [2.45, 2.75) is 38.2 Å². The number of halogens is 6.